The van der Waals surface area contributed by atoms with Crippen LogP contribution in [0.25, 0.3) is 10.9 Å². The summed E-state index contributed by atoms with van der Waals surface area (Å²) in [5, 5.41) is 9.39. The summed E-state index contributed by atoms with van der Waals surface area (Å²) < 4.78 is 2.20. The van der Waals surface area contributed by atoms with Gasteiger partial charge in [-0.25, -0.2) is 0 Å². The van der Waals surface area contributed by atoms with Gasteiger partial charge in [-0.05, 0) is 37.8 Å². The number of nitrogens with one attached hydrogen (secondary N) is 1. The Morgan fingerprint density at radius 1 is 1.07 bits per heavy atom. The third kappa shape index (κ3) is 2.73. The molecule has 28 heavy (non-hydrogen) atoms. The molecule has 0 unspecified atom stereocenters. The van der Waals surface area contributed by atoms with Crippen LogP contribution in [0.2, 0.25) is 0 Å². The normalized spacial score (nSPS) is 19.6. The molecule has 2 aliphatic rings. The number of rotatable bonds is 2. The van der Waals surface area contributed by atoms with Crippen molar-refractivity contribution in [1.82, 2.24) is 24.6 Å². The first-order valence-corrected chi connectivity index (χ1v) is 10.1. The fourth-order valence-corrected chi connectivity index (χ4v) is 4.51. The maximum absolute atomic E-state index is 13.3. The quantitative estimate of drug-likeness (QED) is 0.744. The first-order valence-electron chi connectivity index (χ1n) is 10.1. The molecule has 1 amide bonds. The van der Waals surface area contributed by atoms with Gasteiger partial charge in [0.15, 0.2) is 5.82 Å². The summed E-state index contributed by atoms with van der Waals surface area (Å²) in [6.45, 7) is 1.55. The second-order valence-electron chi connectivity index (χ2n) is 7.67. The summed E-state index contributed by atoms with van der Waals surface area (Å²) in [6, 6.07) is 7.17. The smallest absolute Gasteiger partial charge is 0.259 e. The highest BCUT2D eigenvalue weighted by Crippen LogP contribution is 2.33. The lowest BCUT2D eigenvalue weighted by molar-refractivity contribution is 0.0725. The number of pyridine rings is 1. The monoisotopic (exact) mass is 377 g/mol. The van der Waals surface area contributed by atoms with E-state index in [0.29, 0.717) is 11.9 Å². The van der Waals surface area contributed by atoms with Gasteiger partial charge in [0.25, 0.3) is 5.91 Å². The Morgan fingerprint density at radius 3 is 2.89 bits per heavy atom. The van der Waals surface area contributed by atoms with Crippen LogP contribution in [0.1, 0.15) is 60.2 Å². The van der Waals surface area contributed by atoms with Gasteiger partial charge in [0.05, 0.1) is 6.04 Å². The number of likely N-dealkylation sites (tertiary alicyclic amines) is 1. The summed E-state index contributed by atoms with van der Waals surface area (Å²) in [5.41, 5.74) is 0.719. The van der Waals surface area contributed by atoms with E-state index in [1.54, 1.807) is 12.3 Å². The van der Waals surface area contributed by atoms with E-state index in [2.05, 4.69) is 19.7 Å². The lowest BCUT2D eigenvalue weighted by atomic mass is 10.1. The second kappa shape index (κ2) is 6.89. The molecule has 1 fully saturated rings. The first-order chi connectivity index (χ1) is 13.7. The van der Waals surface area contributed by atoms with Crippen LogP contribution in [-0.2, 0) is 13.0 Å². The molecule has 0 radical (unpaired) electrons. The van der Waals surface area contributed by atoms with Gasteiger partial charge in [-0.3, -0.25) is 9.59 Å². The van der Waals surface area contributed by atoms with Gasteiger partial charge in [0.2, 0.25) is 5.43 Å². The average molecular weight is 377 g/mol. The molecule has 0 bridgehead atoms. The Morgan fingerprint density at radius 2 is 1.96 bits per heavy atom. The molecular formula is C21H23N5O2. The summed E-state index contributed by atoms with van der Waals surface area (Å²) in [6.07, 6.45) is 7.70. The van der Waals surface area contributed by atoms with Crippen LogP contribution in [0.5, 0.6) is 0 Å². The number of aromatic amines is 1. The van der Waals surface area contributed by atoms with Crippen molar-refractivity contribution in [2.24, 2.45) is 0 Å². The number of hydrogen-bond acceptors (Lipinski definition) is 4. The van der Waals surface area contributed by atoms with Crippen molar-refractivity contribution in [2.75, 3.05) is 6.54 Å². The highest BCUT2D eigenvalue weighted by molar-refractivity contribution is 5.97. The number of benzene rings is 1. The minimum absolute atomic E-state index is 0.113. The number of para-hydroxylation sites is 1. The zero-order valence-electron chi connectivity index (χ0n) is 15.7. The third-order valence-corrected chi connectivity index (χ3v) is 5.97. The van der Waals surface area contributed by atoms with E-state index in [1.165, 1.54) is 6.42 Å². The van der Waals surface area contributed by atoms with Crippen molar-refractivity contribution in [1.29, 1.82) is 0 Å². The standard InChI is InChI=1S/C21H23N5O2/c27-19-14-7-3-4-8-16(14)22-13-15(19)21(28)25-12-6-9-17(25)20-24-23-18-10-2-1-5-11-26(18)20/h3-4,7-8,13,17H,1-2,5-6,9-12H2,(H,22,27)/t17-/m0/s1. The molecule has 1 saturated heterocycles. The zero-order valence-corrected chi connectivity index (χ0v) is 15.7. The molecule has 4 heterocycles. The Kier molecular flexibility index (Phi) is 4.22. The zero-order chi connectivity index (χ0) is 19.1. The number of hydrogen-bond donors (Lipinski definition) is 1. The van der Waals surface area contributed by atoms with Crippen LogP contribution < -0.4 is 5.43 Å². The molecule has 7 nitrogen and oxygen atoms in total. The molecule has 7 heteroatoms. The lowest BCUT2D eigenvalue weighted by Gasteiger charge is -2.24. The van der Waals surface area contributed by atoms with E-state index in [4.69, 9.17) is 0 Å². The molecule has 0 aliphatic carbocycles. The number of aromatic nitrogens is 4. The van der Waals surface area contributed by atoms with Crippen molar-refractivity contribution >= 4 is 16.8 Å². The van der Waals surface area contributed by atoms with E-state index in [1.807, 2.05) is 23.1 Å². The van der Waals surface area contributed by atoms with Gasteiger partial charge in [0, 0.05) is 36.6 Å². The van der Waals surface area contributed by atoms with Gasteiger partial charge >= 0.3 is 0 Å². The number of aryl methyl sites for hydroxylation is 1. The van der Waals surface area contributed by atoms with E-state index < -0.39 is 0 Å². The molecule has 144 valence electrons. The molecular weight excluding hydrogens is 354 g/mol. The van der Waals surface area contributed by atoms with E-state index in [9.17, 15) is 9.59 Å². The number of fused-ring (bicyclic) bond motifs is 2. The molecule has 2 aliphatic heterocycles. The van der Waals surface area contributed by atoms with Gasteiger partial charge in [-0.2, -0.15) is 0 Å². The van der Waals surface area contributed by atoms with Crippen LogP contribution in [-0.4, -0.2) is 37.1 Å². The van der Waals surface area contributed by atoms with Crippen LogP contribution in [0.15, 0.2) is 35.3 Å². The fourth-order valence-electron chi connectivity index (χ4n) is 4.51. The predicted octanol–water partition coefficient (Wildman–Crippen LogP) is 2.82. The summed E-state index contributed by atoms with van der Waals surface area (Å²) >= 11 is 0. The Bertz CT molecular complexity index is 1100. The molecule has 3 aromatic rings. The van der Waals surface area contributed by atoms with Crippen LogP contribution in [0, 0.1) is 0 Å². The molecule has 1 atom stereocenters. The van der Waals surface area contributed by atoms with Crippen molar-refractivity contribution in [3.8, 4) is 0 Å². The first kappa shape index (κ1) is 17.2. The molecule has 0 saturated carbocycles. The second-order valence-corrected chi connectivity index (χ2v) is 7.67. The van der Waals surface area contributed by atoms with Gasteiger partial charge in [-0.15, -0.1) is 10.2 Å². The largest absolute Gasteiger partial charge is 0.360 e. The van der Waals surface area contributed by atoms with Gasteiger partial charge in [0.1, 0.15) is 11.4 Å². The molecule has 2 aromatic heterocycles. The van der Waals surface area contributed by atoms with Crippen molar-refractivity contribution in [3.63, 3.8) is 0 Å². The Hall–Kier alpha value is -2.96. The number of amides is 1. The molecule has 1 aromatic carbocycles. The Labute approximate surface area is 162 Å². The lowest BCUT2D eigenvalue weighted by Crippen LogP contribution is -2.35. The third-order valence-electron chi connectivity index (χ3n) is 5.97. The molecule has 5 rings (SSSR count). The maximum Gasteiger partial charge on any atom is 0.259 e. The van der Waals surface area contributed by atoms with Gasteiger partial charge in [-0.1, -0.05) is 18.6 Å². The summed E-state index contributed by atoms with van der Waals surface area (Å²) in [4.78, 5) is 31.1. The highest BCUT2D eigenvalue weighted by atomic mass is 16.2. The highest BCUT2D eigenvalue weighted by Gasteiger charge is 2.35. The van der Waals surface area contributed by atoms with E-state index in [-0.39, 0.29) is 22.9 Å². The van der Waals surface area contributed by atoms with Crippen LogP contribution in [0.4, 0.5) is 0 Å². The van der Waals surface area contributed by atoms with Crippen LogP contribution >= 0.6 is 0 Å². The molecule has 0 spiro atoms. The minimum Gasteiger partial charge on any atom is -0.360 e. The topological polar surface area (TPSA) is 83.9 Å². The van der Waals surface area contributed by atoms with Crippen LogP contribution in [0.3, 0.4) is 0 Å². The van der Waals surface area contributed by atoms with Gasteiger partial charge < -0.3 is 14.5 Å². The van der Waals surface area contributed by atoms with Crippen molar-refractivity contribution in [2.45, 2.75) is 51.1 Å². The van der Waals surface area contributed by atoms with Crippen molar-refractivity contribution in [3.05, 3.63) is 57.9 Å². The SMILES string of the molecule is O=C(c1c[nH]c2ccccc2c1=O)N1CCC[C@H]1c1nnc2n1CCCCC2. The number of nitrogens with zero attached hydrogens (tertiary/aromatic N) is 4. The summed E-state index contributed by atoms with van der Waals surface area (Å²) in [5.74, 6) is 1.68. The average Bonchev–Trinajstić information content (AvgIpc) is 3.29. The number of carbonyl (C=O) groups excluding carboxylic acids is 1. The minimum atomic E-state index is -0.222. The van der Waals surface area contributed by atoms with Crippen molar-refractivity contribution < 1.29 is 4.79 Å². The van der Waals surface area contributed by atoms with E-state index in [0.717, 1.165) is 55.8 Å². The summed E-state index contributed by atoms with van der Waals surface area (Å²) in [7, 11) is 0. The number of carbonyl (C=O) groups is 1. The number of H-pyrrole nitrogens is 1. The molecule has 1 N–H and O–H groups in total. The Balaban J connectivity index is 1.51. The fraction of sp³-hybridized carbons (Fsp3) is 0.429. The predicted molar refractivity (Wildman–Crippen MR) is 105 cm³/mol. The van der Waals surface area contributed by atoms with E-state index >= 15 is 0 Å². The maximum atomic E-state index is 13.3.